The Morgan fingerprint density at radius 2 is 1.78 bits per heavy atom. The lowest BCUT2D eigenvalue weighted by Crippen LogP contribution is -2.47. The monoisotopic (exact) mass is 479 g/mol. The zero-order valence-electron chi connectivity index (χ0n) is 18.5. The van der Waals surface area contributed by atoms with Gasteiger partial charge in [-0.1, -0.05) is 6.07 Å². The summed E-state index contributed by atoms with van der Waals surface area (Å²) in [5, 5.41) is 4.85. The van der Waals surface area contributed by atoms with Crippen LogP contribution in [0, 0.1) is 0 Å². The summed E-state index contributed by atoms with van der Waals surface area (Å²) in [7, 11) is -3.66. The lowest BCUT2D eigenvalue weighted by molar-refractivity contribution is 0.0199. The number of nitrogens with one attached hydrogen (secondary N) is 2. The summed E-state index contributed by atoms with van der Waals surface area (Å²) in [6.45, 7) is 6.72. The molecule has 2 amide bonds. The number of ether oxygens (including phenoxy) is 1. The van der Waals surface area contributed by atoms with E-state index >= 15 is 0 Å². The smallest absolute Gasteiger partial charge is 0.410 e. The molecule has 10 heteroatoms. The van der Waals surface area contributed by atoms with Gasteiger partial charge in [-0.2, -0.15) is 0 Å². The maximum absolute atomic E-state index is 12.6. The average molecular weight is 480 g/mol. The Hall–Kier alpha value is -2.43. The molecule has 1 fully saturated rings. The second-order valence-corrected chi connectivity index (χ2v) is 11.4. The molecule has 0 unspecified atom stereocenters. The van der Waals surface area contributed by atoms with Crippen LogP contribution in [-0.4, -0.2) is 50.1 Å². The van der Waals surface area contributed by atoms with Gasteiger partial charge in [0.2, 0.25) is 10.0 Å². The minimum atomic E-state index is -3.66. The second-order valence-electron chi connectivity index (χ2n) is 8.64. The number of nitrogens with zero attached hydrogens (tertiary/aromatic N) is 1. The van der Waals surface area contributed by atoms with E-state index in [-0.39, 0.29) is 29.5 Å². The third-order valence-electron chi connectivity index (χ3n) is 4.93. The van der Waals surface area contributed by atoms with E-state index in [0.717, 1.165) is 4.88 Å². The molecule has 1 aliphatic heterocycles. The van der Waals surface area contributed by atoms with Crippen molar-refractivity contribution in [2.24, 2.45) is 0 Å². The zero-order chi connectivity index (χ0) is 23.4. The van der Waals surface area contributed by atoms with Gasteiger partial charge in [-0.3, -0.25) is 4.79 Å². The van der Waals surface area contributed by atoms with Gasteiger partial charge < -0.3 is 15.0 Å². The van der Waals surface area contributed by atoms with E-state index < -0.39 is 15.6 Å². The number of carbonyl (C=O) groups excluding carboxylic acids is 2. The van der Waals surface area contributed by atoms with Crippen LogP contribution in [-0.2, 0) is 21.3 Å². The minimum absolute atomic E-state index is 0.0583. The average Bonchev–Trinajstić information content (AvgIpc) is 3.25. The Bertz CT molecular complexity index is 1020. The summed E-state index contributed by atoms with van der Waals surface area (Å²) in [6, 6.07) is 9.53. The van der Waals surface area contributed by atoms with Crippen LogP contribution >= 0.6 is 11.3 Å². The molecule has 2 aromatic rings. The predicted molar refractivity (Wildman–Crippen MR) is 123 cm³/mol. The van der Waals surface area contributed by atoms with Crippen molar-refractivity contribution >= 4 is 33.4 Å². The molecule has 1 aliphatic rings. The quantitative estimate of drug-likeness (QED) is 0.661. The van der Waals surface area contributed by atoms with Crippen molar-refractivity contribution in [2.45, 2.75) is 56.7 Å². The molecular weight excluding hydrogens is 450 g/mol. The van der Waals surface area contributed by atoms with E-state index in [1.165, 1.54) is 35.6 Å². The number of piperidine rings is 1. The van der Waals surface area contributed by atoms with Crippen LogP contribution in [0.15, 0.2) is 46.7 Å². The van der Waals surface area contributed by atoms with Crippen LogP contribution in [0.3, 0.4) is 0 Å². The van der Waals surface area contributed by atoms with Gasteiger partial charge in [0, 0.05) is 36.1 Å². The fraction of sp³-hybridized carbons (Fsp3) is 0.455. The number of hydrogen-bond acceptors (Lipinski definition) is 6. The summed E-state index contributed by atoms with van der Waals surface area (Å²) in [6.07, 6.45) is 0.917. The summed E-state index contributed by atoms with van der Waals surface area (Å²) in [5.74, 6) is -0.267. The highest BCUT2D eigenvalue weighted by Gasteiger charge is 2.27. The van der Waals surface area contributed by atoms with E-state index in [0.29, 0.717) is 31.5 Å². The van der Waals surface area contributed by atoms with Crippen molar-refractivity contribution in [3.8, 4) is 0 Å². The maximum atomic E-state index is 12.6. The fourth-order valence-electron chi connectivity index (χ4n) is 3.25. The molecular formula is C22H29N3O5S2. The Balaban J connectivity index is 1.50. The first-order valence-electron chi connectivity index (χ1n) is 10.4. The van der Waals surface area contributed by atoms with E-state index in [2.05, 4.69) is 10.0 Å². The predicted octanol–water partition coefficient (Wildman–Crippen LogP) is 3.36. The van der Waals surface area contributed by atoms with Gasteiger partial charge in [0.15, 0.2) is 0 Å². The van der Waals surface area contributed by atoms with Gasteiger partial charge in [-0.25, -0.2) is 17.9 Å². The van der Waals surface area contributed by atoms with Gasteiger partial charge in [0.05, 0.1) is 4.90 Å². The van der Waals surface area contributed by atoms with Crippen LogP contribution < -0.4 is 10.0 Å². The molecule has 2 heterocycles. The van der Waals surface area contributed by atoms with Crippen molar-refractivity contribution in [1.29, 1.82) is 0 Å². The number of hydrogen-bond donors (Lipinski definition) is 2. The van der Waals surface area contributed by atoms with Crippen molar-refractivity contribution in [2.75, 3.05) is 13.1 Å². The highest BCUT2D eigenvalue weighted by atomic mass is 32.2. The molecule has 8 nitrogen and oxygen atoms in total. The van der Waals surface area contributed by atoms with Crippen molar-refractivity contribution in [3.05, 3.63) is 52.2 Å². The summed E-state index contributed by atoms with van der Waals surface area (Å²) >= 11 is 1.48. The number of thiophene rings is 1. The lowest BCUT2D eigenvalue weighted by Gasteiger charge is -2.33. The molecule has 0 saturated carbocycles. The van der Waals surface area contributed by atoms with Gasteiger partial charge in [-0.15, -0.1) is 11.3 Å². The minimum Gasteiger partial charge on any atom is -0.444 e. The molecule has 32 heavy (non-hydrogen) atoms. The Morgan fingerprint density at radius 1 is 1.12 bits per heavy atom. The number of benzene rings is 1. The third kappa shape index (κ3) is 6.78. The molecule has 0 aliphatic carbocycles. The number of rotatable bonds is 6. The molecule has 0 spiro atoms. The molecule has 174 valence electrons. The normalized spacial score (nSPS) is 15.4. The van der Waals surface area contributed by atoms with Gasteiger partial charge in [0.1, 0.15) is 5.60 Å². The Kier molecular flexibility index (Phi) is 7.58. The standard InChI is InChI=1S/C22H29N3O5S2/c1-22(2,3)30-21(27)25-12-10-17(11-13-25)24-20(26)16-6-8-19(9-7-16)32(28,29)23-15-18-5-4-14-31-18/h4-9,14,17,23H,10-13,15H2,1-3H3,(H,24,26). The zero-order valence-corrected chi connectivity index (χ0v) is 20.1. The molecule has 0 atom stereocenters. The number of carbonyl (C=O) groups is 2. The molecule has 0 radical (unpaired) electrons. The summed E-state index contributed by atoms with van der Waals surface area (Å²) in [4.78, 5) is 27.4. The van der Waals surface area contributed by atoms with E-state index in [4.69, 9.17) is 4.74 Å². The van der Waals surface area contributed by atoms with E-state index in [1.807, 2.05) is 38.3 Å². The van der Waals surface area contributed by atoms with Crippen molar-refractivity contribution in [3.63, 3.8) is 0 Å². The highest BCUT2D eigenvalue weighted by molar-refractivity contribution is 7.89. The van der Waals surface area contributed by atoms with Gasteiger partial charge in [0.25, 0.3) is 5.91 Å². The summed E-state index contributed by atoms with van der Waals surface area (Å²) in [5.41, 5.74) is -0.155. The molecule has 1 aromatic carbocycles. The third-order valence-corrected chi connectivity index (χ3v) is 7.22. The molecule has 1 aromatic heterocycles. The largest absolute Gasteiger partial charge is 0.444 e. The topological polar surface area (TPSA) is 105 Å². The Labute approximate surface area is 193 Å². The van der Waals surface area contributed by atoms with Crippen LogP contribution in [0.2, 0.25) is 0 Å². The fourth-order valence-corrected chi connectivity index (χ4v) is 4.99. The molecule has 3 rings (SSSR count). The highest BCUT2D eigenvalue weighted by Crippen LogP contribution is 2.17. The molecule has 0 bridgehead atoms. The van der Waals surface area contributed by atoms with Crippen LogP contribution in [0.1, 0.15) is 48.8 Å². The molecule has 1 saturated heterocycles. The Morgan fingerprint density at radius 3 is 2.34 bits per heavy atom. The number of amides is 2. The van der Waals surface area contributed by atoms with Crippen LogP contribution in [0.5, 0.6) is 0 Å². The van der Waals surface area contributed by atoms with E-state index in [9.17, 15) is 18.0 Å². The molecule has 2 N–H and O–H groups in total. The van der Waals surface area contributed by atoms with Crippen molar-refractivity contribution in [1.82, 2.24) is 14.9 Å². The number of likely N-dealkylation sites (tertiary alicyclic amines) is 1. The lowest BCUT2D eigenvalue weighted by atomic mass is 10.0. The first-order chi connectivity index (χ1) is 15.0. The second kappa shape index (κ2) is 10.0. The summed E-state index contributed by atoms with van der Waals surface area (Å²) < 4.78 is 32.8. The van der Waals surface area contributed by atoms with Crippen LogP contribution in [0.25, 0.3) is 0 Å². The first kappa shape index (κ1) is 24.2. The van der Waals surface area contributed by atoms with E-state index in [1.54, 1.807) is 4.90 Å². The SMILES string of the molecule is CC(C)(C)OC(=O)N1CCC(NC(=O)c2ccc(S(=O)(=O)NCc3cccs3)cc2)CC1. The van der Waals surface area contributed by atoms with Crippen molar-refractivity contribution < 1.29 is 22.7 Å². The van der Waals surface area contributed by atoms with Gasteiger partial charge >= 0.3 is 6.09 Å². The maximum Gasteiger partial charge on any atom is 0.410 e. The van der Waals surface area contributed by atoms with Gasteiger partial charge in [-0.05, 0) is 69.3 Å². The number of sulfonamides is 1. The van der Waals surface area contributed by atoms with Crippen LogP contribution in [0.4, 0.5) is 4.79 Å². The first-order valence-corrected chi connectivity index (χ1v) is 12.8.